The second-order valence-corrected chi connectivity index (χ2v) is 8.47. The minimum atomic E-state index is -1.09. The van der Waals surface area contributed by atoms with Crippen molar-refractivity contribution >= 4 is 35.4 Å². The van der Waals surface area contributed by atoms with Crippen LogP contribution in [0.25, 0.3) is 0 Å². The van der Waals surface area contributed by atoms with Crippen molar-refractivity contribution < 1.29 is 14.7 Å². The number of carbonyl (C=O) groups is 2. The monoisotopic (exact) mass is 373 g/mol. The van der Waals surface area contributed by atoms with Crippen LogP contribution in [0.1, 0.15) is 38.7 Å². The molecule has 1 aliphatic rings. The third kappa shape index (κ3) is 4.38. The second-order valence-electron chi connectivity index (χ2n) is 5.68. The smallest absolute Gasteiger partial charge is 0.336 e. The molecule has 25 heavy (non-hydrogen) atoms. The predicted molar refractivity (Wildman–Crippen MR) is 103 cm³/mol. The Labute approximate surface area is 155 Å². The molecule has 0 aromatic heterocycles. The van der Waals surface area contributed by atoms with E-state index in [0.29, 0.717) is 0 Å². The van der Waals surface area contributed by atoms with Gasteiger partial charge in [-0.25, -0.2) is 4.79 Å². The Bertz CT molecular complexity index is 745. The van der Waals surface area contributed by atoms with E-state index in [1.807, 2.05) is 53.9 Å². The number of carboxylic acid groups (broad SMARTS) is 1. The van der Waals surface area contributed by atoms with Gasteiger partial charge < -0.3 is 10.4 Å². The molecule has 2 aromatic rings. The topological polar surface area (TPSA) is 66.4 Å². The zero-order valence-corrected chi connectivity index (χ0v) is 15.2. The van der Waals surface area contributed by atoms with E-state index in [1.165, 1.54) is 12.5 Å². The van der Waals surface area contributed by atoms with Crippen molar-refractivity contribution in [2.75, 3.05) is 11.5 Å². The molecule has 0 spiro atoms. The molecule has 2 aromatic carbocycles. The third-order valence-corrected chi connectivity index (χ3v) is 7.04. The number of aromatic carboxylic acids is 1. The second kappa shape index (κ2) is 8.45. The summed E-state index contributed by atoms with van der Waals surface area (Å²) >= 11 is 3.69. The Morgan fingerprint density at radius 1 is 0.960 bits per heavy atom. The molecule has 6 heteroatoms. The number of rotatable bonds is 5. The summed E-state index contributed by atoms with van der Waals surface area (Å²) in [5, 5.41) is 12.4. The molecular weight excluding hydrogens is 354 g/mol. The van der Waals surface area contributed by atoms with Gasteiger partial charge in [0.25, 0.3) is 5.91 Å². The average Bonchev–Trinajstić information content (AvgIpc) is 2.67. The molecule has 0 radical (unpaired) electrons. The minimum absolute atomic E-state index is 0.0239. The van der Waals surface area contributed by atoms with E-state index in [0.717, 1.165) is 17.1 Å². The van der Waals surface area contributed by atoms with Crippen molar-refractivity contribution in [2.24, 2.45) is 0 Å². The number of carbonyl (C=O) groups excluding carboxylic acids is 1. The average molecular weight is 373 g/mol. The number of benzene rings is 2. The molecule has 130 valence electrons. The van der Waals surface area contributed by atoms with E-state index < -0.39 is 5.97 Å². The van der Waals surface area contributed by atoms with Crippen LogP contribution in [0, 0.1) is 0 Å². The maximum atomic E-state index is 12.8. The fourth-order valence-corrected chi connectivity index (χ4v) is 5.82. The first kappa shape index (κ1) is 17.9. The van der Waals surface area contributed by atoms with Gasteiger partial charge in [0, 0.05) is 0 Å². The van der Waals surface area contributed by atoms with Crippen molar-refractivity contribution in [2.45, 2.75) is 17.0 Å². The zero-order valence-electron chi connectivity index (χ0n) is 13.6. The molecule has 1 amide bonds. The van der Waals surface area contributed by atoms with Crippen LogP contribution in [0.5, 0.6) is 0 Å². The maximum absolute atomic E-state index is 12.8. The number of carboxylic acids is 1. The number of hydrogen-bond donors (Lipinski definition) is 2. The molecule has 1 heterocycles. The molecule has 1 atom stereocenters. The molecule has 1 aliphatic heterocycles. The lowest BCUT2D eigenvalue weighted by atomic mass is 10.0. The van der Waals surface area contributed by atoms with E-state index in [-0.39, 0.29) is 27.7 Å². The van der Waals surface area contributed by atoms with E-state index in [1.54, 1.807) is 18.2 Å². The molecule has 0 aliphatic carbocycles. The molecule has 4 nitrogen and oxygen atoms in total. The summed E-state index contributed by atoms with van der Waals surface area (Å²) in [5.74, 6) is 0.701. The molecule has 1 fully saturated rings. The first-order valence-corrected chi connectivity index (χ1v) is 10.2. The highest BCUT2D eigenvalue weighted by atomic mass is 32.2. The third-order valence-electron chi connectivity index (χ3n) is 3.97. The Hall–Kier alpha value is -1.92. The SMILES string of the molecule is O=C(O)c1ccccc1C(=O)NC(c1ccccc1)C1SCCCS1. The van der Waals surface area contributed by atoms with Gasteiger partial charge in [-0.3, -0.25) is 4.79 Å². The van der Waals surface area contributed by atoms with Gasteiger partial charge in [0.15, 0.2) is 0 Å². The molecule has 2 N–H and O–H groups in total. The van der Waals surface area contributed by atoms with Crippen LogP contribution in [0.4, 0.5) is 0 Å². The van der Waals surface area contributed by atoms with Crippen molar-refractivity contribution in [1.29, 1.82) is 0 Å². The van der Waals surface area contributed by atoms with Crippen molar-refractivity contribution in [3.8, 4) is 0 Å². The standard InChI is InChI=1S/C19H19NO3S2/c21-17(14-9-4-5-10-15(14)18(22)23)20-16(13-7-2-1-3-8-13)19-24-11-6-12-25-19/h1-5,7-10,16,19H,6,11-12H2,(H,20,21)(H,22,23). The fourth-order valence-electron chi connectivity index (χ4n) is 2.75. The summed E-state index contributed by atoms with van der Waals surface area (Å²) in [6, 6.07) is 16.0. The predicted octanol–water partition coefficient (Wildman–Crippen LogP) is 4.05. The lowest BCUT2D eigenvalue weighted by molar-refractivity contribution is 0.0690. The Kier molecular flexibility index (Phi) is 6.04. The van der Waals surface area contributed by atoms with Crippen LogP contribution < -0.4 is 5.32 Å². The van der Waals surface area contributed by atoms with E-state index in [2.05, 4.69) is 5.32 Å². The largest absolute Gasteiger partial charge is 0.478 e. The summed E-state index contributed by atoms with van der Waals surface area (Å²) in [6.07, 6.45) is 1.17. The summed E-state index contributed by atoms with van der Waals surface area (Å²) in [6.45, 7) is 0. The lowest BCUT2D eigenvalue weighted by Crippen LogP contribution is -2.35. The van der Waals surface area contributed by atoms with Gasteiger partial charge in [-0.2, -0.15) is 0 Å². The first-order chi connectivity index (χ1) is 12.2. The molecule has 0 bridgehead atoms. The van der Waals surface area contributed by atoms with E-state index in [9.17, 15) is 14.7 Å². The van der Waals surface area contributed by atoms with Crippen LogP contribution >= 0.6 is 23.5 Å². The van der Waals surface area contributed by atoms with Crippen molar-refractivity contribution in [3.63, 3.8) is 0 Å². The highest BCUT2D eigenvalue weighted by Crippen LogP contribution is 2.39. The minimum Gasteiger partial charge on any atom is -0.478 e. The zero-order chi connectivity index (χ0) is 17.6. The van der Waals surface area contributed by atoms with Crippen molar-refractivity contribution in [3.05, 3.63) is 71.3 Å². The molecular formula is C19H19NO3S2. The summed E-state index contributed by atoms with van der Waals surface area (Å²) in [4.78, 5) is 24.2. The van der Waals surface area contributed by atoms with Crippen LogP contribution in [-0.4, -0.2) is 33.1 Å². The summed E-state index contributed by atoms with van der Waals surface area (Å²) in [5.41, 5.74) is 1.26. The molecule has 0 saturated carbocycles. The molecule has 1 saturated heterocycles. The Morgan fingerprint density at radius 3 is 2.20 bits per heavy atom. The van der Waals surface area contributed by atoms with Gasteiger partial charge in [0.05, 0.1) is 21.8 Å². The fraction of sp³-hybridized carbons (Fsp3) is 0.263. The van der Waals surface area contributed by atoms with Gasteiger partial charge in [-0.05, 0) is 35.6 Å². The Morgan fingerprint density at radius 2 is 1.56 bits per heavy atom. The quantitative estimate of drug-likeness (QED) is 0.828. The number of hydrogen-bond acceptors (Lipinski definition) is 4. The summed E-state index contributed by atoms with van der Waals surface area (Å²) < 4.78 is 0.220. The number of thioether (sulfide) groups is 2. The lowest BCUT2D eigenvalue weighted by Gasteiger charge is -2.30. The van der Waals surface area contributed by atoms with Crippen LogP contribution in [0.2, 0.25) is 0 Å². The van der Waals surface area contributed by atoms with E-state index in [4.69, 9.17) is 0 Å². The van der Waals surface area contributed by atoms with E-state index >= 15 is 0 Å². The van der Waals surface area contributed by atoms with Gasteiger partial charge in [0.1, 0.15) is 0 Å². The van der Waals surface area contributed by atoms with Gasteiger partial charge in [-0.15, -0.1) is 23.5 Å². The Balaban J connectivity index is 1.87. The molecule has 3 rings (SSSR count). The van der Waals surface area contributed by atoms with Crippen LogP contribution in [0.3, 0.4) is 0 Å². The summed E-state index contributed by atoms with van der Waals surface area (Å²) in [7, 11) is 0. The number of nitrogens with one attached hydrogen (secondary N) is 1. The first-order valence-electron chi connectivity index (χ1n) is 8.08. The van der Waals surface area contributed by atoms with Crippen molar-refractivity contribution in [1.82, 2.24) is 5.32 Å². The number of amides is 1. The normalized spacial score (nSPS) is 16.2. The highest BCUT2D eigenvalue weighted by molar-refractivity contribution is 8.17. The maximum Gasteiger partial charge on any atom is 0.336 e. The van der Waals surface area contributed by atoms with Gasteiger partial charge in [-0.1, -0.05) is 42.5 Å². The molecule has 1 unspecified atom stereocenters. The highest BCUT2D eigenvalue weighted by Gasteiger charge is 2.29. The van der Waals surface area contributed by atoms with Gasteiger partial charge in [0.2, 0.25) is 0 Å². The van der Waals surface area contributed by atoms with Gasteiger partial charge >= 0.3 is 5.97 Å². The van der Waals surface area contributed by atoms with Crippen LogP contribution in [0.15, 0.2) is 54.6 Å². The van der Waals surface area contributed by atoms with Crippen LogP contribution in [-0.2, 0) is 0 Å².